The molecule has 0 saturated carbocycles. The third-order valence-electron chi connectivity index (χ3n) is 3.42. The Hall–Kier alpha value is -1.21. The number of phosphoric acid groups is 1. The van der Waals surface area contributed by atoms with Gasteiger partial charge in [-0.3, -0.25) is 18.9 Å². The molecule has 25 heavy (non-hydrogen) atoms. The van der Waals surface area contributed by atoms with E-state index in [0.29, 0.717) is 10.8 Å². The van der Waals surface area contributed by atoms with E-state index in [1.54, 1.807) is 4.98 Å². The van der Waals surface area contributed by atoms with E-state index < -0.39 is 48.2 Å². The van der Waals surface area contributed by atoms with Crippen LogP contribution in [0.4, 0.5) is 4.39 Å². The fraction of sp³-hybridized carbons (Fsp3) is 0.556. The van der Waals surface area contributed by atoms with Crippen molar-refractivity contribution in [1.82, 2.24) is 9.55 Å². The number of aliphatic hydroxyl groups is 2. The average Bonchev–Trinajstić information content (AvgIpc) is 2.59. The topological polar surface area (TPSA) is 171 Å². The molecule has 4 atom stereocenters. The molecule has 1 saturated heterocycles. The molecule has 6 radical (unpaired) electrons. The van der Waals surface area contributed by atoms with Crippen molar-refractivity contribution < 1.29 is 38.2 Å². The third-order valence-corrected chi connectivity index (χ3v) is 3.96. The highest BCUT2D eigenvalue weighted by molar-refractivity contribution is 7.46. The van der Waals surface area contributed by atoms with Crippen LogP contribution in [0, 0.1) is 0 Å². The fourth-order valence-electron chi connectivity index (χ4n) is 2.24. The number of H-pyrrole nitrogens is 1. The summed E-state index contributed by atoms with van der Waals surface area (Å²) in [6.45, 7) is 0. The van der Waals surface area contributed by atoms with Crippen LogP contribution in [0.25, 0.3) is 0 Å². The van der Waals surface area contributed by atoms with Crippen LogP contribution in [0.1, 0.15) is 0 Å². The van der Waals surface area contributed by atoms with Gasteiger partial charge in [0, 0.05) is 12.3 Å². The van der Waals surface area contributed by atoms with Crippen LogP contribution >= 0.6 is 7.82 Å². The van der Waals surface area contributed by atoms with Gasteiger partial charge >= 0.3 is 13.5 Å². The van der Waals surface area contributed by atoms with E-state index in [0.717, 1.165) is 6.07 Å². The Bertz CT molecular complexity index is 842. The molecular formula is C9H9B3FN2O9P. The molecule has 1 fully saturated rings. The summed E-state index contributed by atoms with van der Waals surface area (Å²) in [6.07, 6.45) is -4.42. The Morgan fingerprint density at radius 2 is 1.92 bits per heavy atom. The molecule has 1 aromatic rings. The second kappa shape index (κ2) is 5.91. The summed E-state index contributed by atoms with van der Waals surface area (Å²) in [5, 5.41) is 16.4. The van der Waals surface area contributed by atoms with Crippen LogP contribution in [-0.2, 0) is 19.4 Å². The van der Waals surface area contributed by atoms with Gasteiger partial charge in [-0.25, -0.2) is 13.8 Å². The molecule has 0 amide bonds. The lowest BCUT2D eigenvalue weighted by molar-refractivity contribution is -0.240. The highest BCUT2D eigenvalue weighted by Gasteiger charge is 2.68. The smallest absolute Gasteiger partial charge is 0.386 e. The number of nitrogens with one attached hydrogen (secondary N) is 1. The SMILES string of the molecule is [B]C([B])(OP(=O)(O)O)[C@@]1(F)O[C@@]([B])(n2ccc(=O)[nH]c2=O)[C@H](O)[C@@H]1O. The summed E-state index contributed by atoms with van der Waals surface area (Å²) in [5.41, 5.74) is -4.99. The Morgan fingerprint density at radius 3 is 2.40 bits per heavy atom. The number of halogens is 1. The van der Waals surface area contributed by atoms with Crippen LogP contribution in [0.2, 0.25) is 0 Å². The molecule has 1 aliphatic heterocycles. The van der Waals surface area contributed by atoms with Crippen molar-refractivity contribution in [3.63, 3.8) is 0 Å². The molecule has 11 nitrogen and oxygen atoms in total. The van der Waals surface area contributed by atoms with Gasteiger partial charge in [0.05, 0.1) is 5.40 Å². The van der Waals surface area contributed by atoms with E-state index in [9.17, 15) is 24.4 Å². The summed E-state index contributed by atoms with van der Waals surface area (Å²) in [4.78, 5) is 42.1. The Kier molecular flexibility index (Phi) is 4.76. The average molecular weight is 372 g/mol. The van der Waals surface area contributed by atoms with Gasteiger partial charge in [0.1, 0.15) is 41.4 Å². The minimum Gasteiger partial charge on any atom is -0.386 e. The van der Waals surface area contributed by atoms with E-state index in [1.165, 1.54) is 0 Å². The molecule has 0 unspecified atom stereocenters. The van der Waals surface area contributed by atoms with Crippen LogP contribution in [-0.4, -0.2) is 76.6 Å². The number of aromatic nitrogens is 2. The van der Waals surface area contributed by atoms with Crippen molar-refractivity contribution in [3.05, 3.63) is 33.1 Å². The van der Waals surface area contributed by atoms with Crippen molar-refractivity contribution in [2.24, 2.45) is 0 Å². The molecule has 2 heterocycles. The van der Waals surface area contributed by atoms with Crippen molar-refractivity contribution in [1.29, 1.82) is 0 Å². The zero-order chi connectivity index (χ0) is 19.4. The first-order valence-electron chi connectivity index (χ1n) is 6.35. The van der Waals surface area contributed by atoms with Crippen LogP contribution < -0.4 is 11.2 Å². The van der Waals surface area contributed by atoms with Gasteiger partial charge < -0.3 is 24.7 Å². The van der Waals surface area contributed by atoms with Gasteiger partial charge in [-0.2, -0.15) is 0 Å². The van der Waals surface area contributed by atoms with E-state index in [2.05, 4.69) is 9.26 Å². The number of alkyl halides is 1. The Labute approximate surface area is 142 Å². The van der Waals surface area contributed by atoms with Crippen LogP contribution in [0.3, 0.4) is 0 Å². The third kappa shape index (κ3) is 3.28. The minimum atomic E-state index is -5.48. The number of aliphatic hydroxyl groups excluding tert-OH is 2. The molecule has 0 aliphatic carbocycles. The maximum Gasteiger partial charge on any atom is 0.468 e. The zero-order valence-electron chi connectivity index (χ0n) is 12.1. The molecule has 1 aromatic heterocycles. The molecule has 16 heteroatoms. The molecule has 0 spiro atoms. The van der Waals surface area contributed by atoms with Crippen molar-refractivity contribution in [3.8, 4) is 0 Å². The summed E-state index contributed by atoms with van der Waals surface area (Å²) in [7, 11) is 10.4. The van der Waals surface area contributed by atoms with Crippen LogP contribution in [0.15, 0.2) is 21.9 Å². The second-order valence-corrected chi connectivity index (χ2v) is 6.41. The van der Waals surface area contributed by atoms with E-state index in [4.69, 9.17) is 33.3 Å². The fourth-order valence-corrected chi connectivity index (χ4v) is 2.76. The molecule has 1 aliphatic rings. The lowest BCUT2D eigenvalue weighted by Crippen LogP contribution is -2.60. The minimum absolute atomic E-state index is 0.303. The molecule has 5 N–H and O–H groups in total. The quantitative estimate of drug-likeness (QED) is 0.260. The number of phosphoric ester groups is 1. The second-order valence-electron chi connectivity index (χ2n) is 5.24. The van der Waals surface area contributed by atoms with Gasteiger partial charge in [0.15, 0.2) is 0 Å². The maximum atomic E-state index is 15.0. The summed E-state index contributed by atoms with van der Waals surface area (Å²) in [5.74, 6) is -3.88. The lowest BCUT2D eigenvalue weighted by atomic mass is 9.59. The maximum absolute atomic E-state index is 15.0. The van der Waals surface area contributed by atoms with E-state index in [-0.39, 0.29) is 0 Å². The number of hydrogen-bond donors (Lipinski definition) is 5. The van der Waals surface area contributed by atoms with Crippen molar-refractivity contribution in [2.75, 3.05) is 0 Å². The standard InChI is InChI=1S/C9H9B3FN2O9P/c10-8(15-2-1-3(16)14-6(15)19)5(18)4(17)7(13,23-8)9(11,12)24-25(20,21)22/h1-2,4-5,17-18H,(H,14,16,19)(H2,20,21,22)/t4-,5+,7-,8-/m0/s1. The normalized spacial score (nSPS) is 33.5. The van der Waals surface area contributed by atoms with E-state index in [1.807, 2.05) is 0 Å². The Balaban J connectivity index is 2.55. The first kappa shape index (κ1) is 20.1. The first-order valence-corrected chi connectivity index (χ1v) is 7.88. The molecular weight excluding hydrogens is 363 g/mol. The summed E-state index contributed by atoms with van der Waals surface area (Å²) >= 11 is 0. The first-order chi connectivity index (χ1) is 11.1. The molecule has 0 bridgehead atoms. The zero-order valence-corrected chi connectivity index (χ0v) is 13.0. The lowest BCUT2D eigenvalue weighted by Gasteiger charge is -2.40. The molecule has 2 rings (SSSR count). The predicted octanol–water partition coefficient (Wildman–Crippen LogP) is -4.17. The predicted molar refractivity (Wildman–Crippen MR) is 79.4 cm³/mol. The molecule has 0 aromatic carbocycles. The number of nitrogens with zero attached hydrogens (tertiary/aromatic N) is 1. The van der Waals surface area contributed by atoms with Crippen LogP contribution in [0.5, 0.6) is 0 Å². The van der Waals surface area contributed by atoms with Gasteiger partial charge in [-0.15, -0.1) is 0 Å². The van der Waals surface area contributed by atoms with Gasteiger partial charge in [0.25, 0.3) is 11.4 Å². The molecule has 130 valence electrons. The van der Waals surface area contributed by atoms with Gasteiger partial charge in [-0.1, -0.05) is 0 Å². The van der Waals surface area contributed by atoms with Crippen molar-refractivity contribution in [2.45, 2.75) is 29.1 Å². The number of ether oxygens (including phenoxy) is 1. The number of aromatic amines is 1. The summed E-state index contributed by atoms with van der Waals surface area (Å²) in [6, 6.07) is 0.765. The highest BCUT2D eigenvalue weighted by atomic mass is 31.2. The van der Waals surface area contributed by atoms with E-state index >= 15 is 4.39 Å². The van der Waals surface area contributed by atoms with Gasteiger partial charge in [0.2, 0.25) is 0 Å². The highest BCUT2D eigenvalue weighted by Crippen LogP contribution is 2.50. The Morgan fingerprint density at radius 1 is 1.36 bits per heavy atom. The number of hydrogen-bond acceptors (Lipinski definition) is 7. The number of rotatable bonds is 4. The van der Waals surface area contributed by atoms with Gasteiger partial charge in [-0.05, 0) is 0 Å². The summed E-state index contributed by atoms with van der Waals surface area (Å²) < 4.78 is 34.7. The van der Waals surface area contributed by atoms with Crippen molar-refractivity contribution >= 4 is 31.4 Å². The largest absolute Gasteiger partial charge is 0.468 e. The monoisotopic (exact) mass is 372 g/mol.